The van der Waals surface area contributed by atoms with Gasteiger partial charge in [0.05, 0.1) is 11.2 Å². The van der Waals surface area contributed by atoms with Gasteiger partial charge in [0.25, 0.3) is 0 Å². The highest BCUT2D eigenvalue weighted by Crippen LogP contribution is 2.28. The van der Waals surface area contributed by atoms with E-state index in [0.717, 1.165) is 43.0 Å². The van der Waals surface area contributed by atoms with Crippen LogP contribution in [0.15, 0.2) is 48.5 Å². The van der Waals surface area contributed by atoms with E-state index in [-0.39, 0.29) is 0 Å². The summed E-state index contributed by atoms with van der Waals surface area (Å²) in [4.78, 5) is 4.83. The number of fused-ring (bicyclic) bond motifs is 1. The van der Waals surface area contributed by atoms with Crippen LogP contribution >= 0.6 is 0 Å². The van der Waals surface area contributed by atoms with Crippen molar-refractivity contribution in [3.8, 4) is 11.3 Å². The molecule has 4 heteroatoms. The maximum atomic E-state index is 4.47. The van der Waals surface area contributed by atoms with Gasteiger partial charge in [-0.3, -0.25) is 5.10 Å². The van der Waals surface area contributed by atoms with Crippen LogP contribution in [0.25, 0.3) is 22.2 Å². The predicted octanol–water partition coefficient (Wildman–Crippen LogP) is 2.98. The fraction of sp³-hybridized carbons (Fsp3) is 0.278. The number of nitrogens with zero attached hydrogens (tertiary/aromatic N) is 3. The molecule has 2 aromatic carbocycles. The summed E-state index contributed by atoms with van der Waals surface area (Å²) < 4.78 is 0. The van der Waals surface area contributed by atoms with Gasteiger partial charge >= 0.3 is 0 Å². The lowest BCUT2D eigenvalue weighted by Gasteiger charge is -2.34. The van der Waals surface area contributed by atoms with Crippen molar-refractivity contribution < 1.29 is 0 Å². The number of hydrogen-bond donors (Lipinski definition) is 1. The number of piperazine rings is 1. The molecule has 1 aliphatic rings. The number of H-pyrrole nitrogens is 1. The molecule has 1 aromatic heterocycles. The van der Waals surface area contributed by atoms with Gasteiger partial charge < -0.3 is 9.80 Å². The maximum Gasteiger partial charge on any atom is 0.0999 e. The number of hydrogen-bond acceptors (Lipinski definition) is 3. The second-order valence-corrected chi connectivity index (χ2v) is 5.95. The number of aromatic amines is 1. The number of aromatic nitrogens is 2. The van der Waals surface area contributed by atoms with Gasteiger partial charge in [0, 0.05) is 42.8 Å². The zero-order valence-corrected chi connectivity index (χ0v) is 12.8. The zero-order chi connectivity index (χ0) is 14.9. The van der Waals surface area contributed by atoms with E-state index < -0.39 is 0 Å². The van der Waals surface area contributed by atoms with E-state index in [2.05, 4.69) is 69.5 Å². The lowest BCUT2D eigenvalue weighted by Crippen LogP contribution is -2.44. The van der Waals surface area contributed by atoms with E-state index in [1.54, 1.807) is 0 Å². The first-order valence-electron chi connectivity index (χ1n) is 7.78. The summed E-state index contributed by atoms with van der Waals surface area (Å²) in [5, 5.41) is 8.75. The second kappa shape index (κ2) is 5.46. The largest absolute Gasteiger partial charge is 0.369 e. The van der Waals surface area contributed by atoms with Gasteiger partial charge in [-0.05, 0) is 25.2 Å². The fourth-order valence-electron chi connectivity index (χ4n) is 3.08. The standard InChI is InChI=1S/C18H20N4/c1-21-10-12-22(13-11-21)15-8-6-14(7-9-15)18-16-4-2-3-5-17(16)19-20-18/h2-9H,10-13H2,1H3,(H,19,20). The fourth-order valence-corrected chi connectivity index (χ4v) is 3.08. The van der Waals surface area contributed by atoms with Crippen molar-refractivity contribution >= 4 is 16.6 Å². The van der Waals surface area contributed by atoms with Crippen molar-refractivity contribution in [2.45, 2.75) is 0 Å². The van der Waals surface area contributed by atoms with Gasteiger partial charge in [0.1, 0.15) is 0 Å². The average molecular weight is 292 g/mol. The summed E-state index contributed by atoms with van der Waals surface area (Å²) in [6, 6.07) is 17.0. The molecule has 1 N–H and O–H groups in total. The Bertz CT molecular complexity index is 767. The van der Waals surface area contributed by atoms with Gasteiger partial charge in [0.15, 0.2) is 0 Å². The van der Waals surface area contributed by atoms with Crippen LogP contribution in [0.3, 0.4) is 0 Å². The number of likely N-dealkylation sites (N-methyl/N-ethyl adjacent to an activating group) is 1. The third-order valence-corrected chi connectivity index (χ3v) is 4.48. The van der Waals surface area contributed by atoms with Gasteiger partial charge in [-0.25, -0.2) is 0 Å². The van der Waals surface area contributed by atoms with Gasteiger partial charge in [-0.1, -0.05) is 30.3 Å². The van der Waals surface area contributed by atoms with Crippen molar-refractivity contribution in [3.05, 3.63) is 48.5 Å². The first kappa shape index (κ1) is 13.3. The van der Waals surface area contributed by atoms with Crippen LogP contribution in [-0.2, 0) is 0 Å². The van der Waals surface area contributed by atoms with Gasteiger partial charge in [-0.15, -0.1) is 0 Å². The lowest BCUT2D eigenvalue weighted by molar-refractivity contribution is 0.313. The maximum absolute atomic E-state index is 4.47. The zero-order valence-electron chi connectivity index (χ0n) is 12.8. The van der Waals surface area contributed by atoms with E-state index in [0.29, 0.717) is 0 Å². The molecule has 0 atom stereocenters. The van der Waals surface area contributed by atoms with E-state index in [9.17, 15) is 0 Å². The Labute approximate surface area is 130 Å². The van der Waals surface area contributed by atoms with Crippen LogP contribution < -0.4 is 4.90 Å². The van der Waals surface area contributed by atoms with Crippen LogP contribution in [0.4, 0.5) is 5.69 Å². The summed E-state index contributed by atoms with van der Waals surface area (Å²) >= 11 is 0. The number of benzene rings is 2. The third kappa shape index (κ3) is 2.35. The van der Waals surface area contributed by atoms with Crippen molar-refractivity contribution in [1.29, 1.82) is 0 Å². The first-order chi connectivity index (χ1) is 10.8. The van der Waals surface area contributed by atoms with Crippen molar-refractivity contribution in [2.24, 2.45) is 0 Å². The van der Waals surface area contributed by atoms with Gasteiger partial charge in [-0.2, -0.15) is 5.10 Å². The number of para-hydroxylation sites is 1. The molecule has 2 heterocycles. The summed E-state index contributed by atoms with van der Waals surface area (Å²) in [5.74, 6) is 0. The van der Waals surface area contributed by atoms with Crippen LogP contribution in [0.2, 0.25) is 0 Å². The molecule has 0 saturated carbocycles. The summed E-state index contributed by atoms with van der Waals surface area (Å²) in [7, 11) is 2.18. The molecule has 22 heavy (non-hydrogen) atoms. The van der Waals surface area contributed by atoms with Crippen molar-refractivity contribution in [3.63, 3.8) is 0 Å². The molecule has 0 bridgehead atoms. The average Bonchev–Trinajstić information content (AvgIpc) is 3.00. The quantitative estimate of drug-likeness (QED) is 0.788. The Hall–Kier alpha value is -2.33. The minimum Gasteiger partial charge on any atom is -0.369 e. The summed E-state index contributed by atoms with van der Waals surface area (Å²) in [6.07, 6.45) is 0. The third-order valence-electron chi connectivity index (χ3n) is 4.48. The number of anilines is 1. The molecule has 3 aromatic rings. The molecule has 4 rings (SSSR count). The highest BCUT2D eigenvalue weighted by atomic mass is 15.2. The van der Waals surface area contributed by atoms with Crippen LogP contribution in [0, 0.1) is 0 Å². The van der Waals surface area contributed by atoms with Crippen LogP contribution in [0.1, 0.15) is 0 Å². The van der Waals surface area contributed by atoms with E-state index in [4.69, 9.17) is 0 Å². The monoisotopic (exact) mass is 292 g/mol. The highest BCUT2D eigenvalue weighted by Gasteiger charge is 2.14. The normalized spacial score (nSPS) is 16.3. The van der Waals surface area contributed by atoms with Crippen molar-refractivity contribution in [1.82, 2.24) is 15.1 Å². The van der Waals surface area contributed by atoms with E-state index in [1.807, 2.05) is 6.07 Å². The Balaban J connectivity index is 1.62. The minimum absolute atomic E-state index is 1.03. The van der Waals surface area contributed by atoms with Gasteiger partial charge in [0.2, 0.25) is 0 Å². The number of nitrogens with one attached hydrogen (secondary N) is 1. The first-order valence-corrected chi connectivity index (χ1v) is 7.78. The van der Waals surface area contributed by atoms with E-state index >= 15 is 0 Å². The Morgan fingerprint density at radius 1 is 0.909 bits per heavy atom. The molecule has 1 fully saturated rings. The van der Waals surface area contributed by atoms with Crippen LogP contribution in [0.5, 0.6) is 0 Å². The molecule has 112 valence electrons. The molecular weight excluding hydrogens is 272 g/mol. The molecule has 0 aliphatic carbocycles. The Morgan fingerprint density at radius 3 is 2.41 bits per heavy atom. The van der Waals surface area contributed by atoms with Crippen LogP contribution in [-0.4, -0.2) is 48.3 Å². The summed E-state index contributed by atoms with van der Waals surface area (Å²) in [6.45, 7) is 4.46. The molecule has 4 nitrogen and oxygen atoms in total. The molecule has 0 amide bonds. The Morgan fingerprint density at radius 2 is 1.64 bits per heavy atom. The second-order valence-electron chi connectivity index (χ2n) is 5.95. The highest BCUT2D eigenvalue weighted by molar-refractivity contribution is 5.92. The Kier molecular flexibility index (Phi) is 3.31. The predicted molar refractivity (Wildman–Crippen MR) is 91.2 cm³/mol. The summed E-state index contributed by atoms with van der Waals surface area (Å²) in [5.41, 5.74) is 4.58. The van der Waals surface area contributed by atoms with E-state index in [1.165, 1.54) is 11.1 Å². The smallest absolute Gasteiger partial charge is 0.0999 e. The van der Waals surface area contributed by atoms with Crippen molar-refractivity contribution in [2.75, 3.05) is 38.1 Å². The lowest BCUT2D eigenvalue weighted by atomic mass is 10.1. The SMILES string of the molecule is CN1CCN(c2ccc(-c3n[nH]c4ccccc34)cc2)CC1. The molecule has 0 unspecified atom stereocenters. The topological polar surface area (TPSA) is 35.2 Å². The molecule has 1 aliphatic heterocycles. The molecule has 0 spiro atoms. The molecule has 0 radical (unpaired) electrons. The molecular formula is C18H20N4. The number of rotatable bonds is 2. The molecule has 1 saturated heterocycles. The minimum atomic E-state index is 1.03.